The molecule has 14 heteroatoms. The number of nitrogens with zero attached hydrogens (tertiary/aromatic N) is 7. The minimum atomic E-state index is -0.966. The van der Waals surface area contributed by atoms with Crippen LogP contribution in [0.25, 0.3) is 4.85 Å². The average molecular weight is 817 g/mol. The van der Waals surface area contributed by atoms with Gasteiger partial charge in [-0.1, -0.05) is 17.7 Å². The van der Waals surface area contributed by atoms with Crippen molar-refractivity contribution in [3.8, 4) is 0 Å². The van der Waals surface area contributed by atoms with E-state index in [1.54, 1.807) is 12.1 Å². The highest BCUT2D eigenvalue weighted by atomic mass is 35.5. The van der Waals surface area contributed by atoms with Crippen molar-refractivity contribution < 1.29 is 24.0 Å². The Kier molecular flexibility index (Phi) is 10.6. The number of rotatable bonds is 7. The van der Waals surface area contributed by atoms with Gasteiger partial charge in [-0.15, -0.1) is 0 Å². The molecule has 5 saturated heterocycles. The van der Waals surface area contributed by atoms with E-state index in [0.717, 1.165) is 132 Å². The zero-order valence-electron chi connectivity index (χ0n) is 33.2. The molecule has 0 saturated carbocycles. The van der Waals surface area contributed by atoms with Gasteiger partial charge in [0.2, 0.25) is 17.5 Å². The van der Waals surface area contributed by atoms with Crippen LogP contribution in [0.1, 0.15) is 76.0 Å². The quantitative estimate of drug-likeness (QED) is 0.245. The van der Waals surface area contributed by atoms with Gasteiger partial charge in [0.05, 0.1) is 17.7 Å². The molecule has 1 spiro atoms. The number of anilines is 3. The number of carbonyl (C=O) groups is 5. The Morgan fingerprint density at radius 1 is 0.729 bits per heavy atom. The molecule has 9 rings (SSSR count). The summed E-state index contributed by atoms with van der Waals surface area (Å²) >= 11 is 6.18. The minimum Gasteiger partial charge on any atom is -0.372 e. The molecule has 6 aliphatic rings. The number of piperazine rings is 1. The van der Waals surface area contributed by atoms with E-state index in [4.69, 9.17) is 18.2 Å². The van der Waals surface area contributed by atoms with Crippen molar-refractivity contribution in [2.75, 3.05) is 86.7 Å². The summed E-state index contributed by atoms with van der Waals surface area (Å²) in [7, 11) is 0. The third-order valence-corrected chi connectivity index (χ3v) is 14.1. The molecule has 0 bridgehead atoms. The monoisotopic (exact) mass is 816 g/mol. The van der Waals surface area contributed by atoms with Crippen LogP contribution >= 0.6 is 11.6 Å². The summed E-state index contributed by atoms with van der Waals surface area (Å²) in [5.74, 6) is -1.27. The Morgan fingerprint density at radius 2 is 1.37 bits per heavy atom. The molecule has 13 nitrogen and oxygen atoms in total. The van der Waals surface area contributed by atoms with Crippen molar-refractivity contribution in [3.63, 3.8) is 0 Å². The second-order valence-electron chi connectivity index (χ2n) is 17.2. The summed E-state index contributed by atoms with van der Waals surface area (Å²) in [5, 5.41) is 2.74. The number of hydrogen-bond acceptors (Lipinski definition) is 9. The molecular weight excluding hydrogens is 768 g/mol. The van der Waals surface area contributed by atoms with E-state index in [1.165, 1.54) is 0 Å². The SMILES string of the molecule is [C-]#[N+]c1cc(N2CCC3(CCN(C(=O)c4ccc(N5CCN(CC6CCN(c7ccc8c(c7)C(=O)N(C7CCC(=O)NC7=O)C8=O)CC6)CC5)cc4)CC3)C2)ccc1Cl. The molecule has 0 aliphatic carbocycles. The summed E-state index contributed by atoms with van der Waals surface area (Å²) in [6.07, 6.45) is 5.36. The molecule has 1 N–H and O–H groups in total. The molecule has 3 aromatic rings. The Balaban J connectivity index is 0.714. The van der Waals surface area contributed by atoms with Crippen molar-refractivity contribution in [3.05, 3.63) is 93.8 Å². The average Bonchev–Trinajstić information content (AvgIpc) is 3.78. The molecule has 1 atom stereocenters. The van der Waals surface area contributed by atoms with E-state index < -0.39 is 23.8 Å². The van der Waals surface area contributed by atoms with Gasteiger partial charge in [-0.2, -0.15) is 0 Å². The molecule has 0 aromatic heterocycles. The first kappa shape index (κ1) is 39.0. The van der Waals surface area contributed by atoms with Crippen LogP contribution in [-0.2, 0) is 9.59 Å². The van der Waals surface area contributed by atoms with Crippen molar-refractivity contribution in [2.24, 2.45) is 11.3 Å². The number of benzene rings is 3. The number of likely N-dealkylation sites (tertiary alicyclic amines) is 1. The lowest BCUT2D eigenvalue weighted by Gasteiger charge is -2.40. The first-order valence-corrected chi connectivity index (χ1v) is 21.3. The van der Waals surface area contributed by atoms with Crippen molar-refractivity contribution in [1.82, 2.24) is 20.0 Å². The summed E-state index contributed by atoms with van der Waals surface area (Å²) in [6, 6.07) is 18.3. The van der Waals surface area contributed by atoms with Crippen LogP contribution in [0.5, 0.6) is 0 Å². The number of piperidine rings is 3. The number of fused-ring (bicyclic) bond motifs is 1. The van der Waals surface area contributed by atoms with Gasteiger partial charge in [-0.3, -0.25) is 39.1 Å². The highest BCUT2D eigenvalue weighted by molar-refractivity contribution is 6.33. The standard InChI is InChI=1S/C45H49ClN8O5/c1-47-38-27-34(7-9-37(38)46)53-21-16-45(29-53)14-19-52(20-15-45)42(57)31-2-4-32(5-3-31)51-24-22-49(23-25-51)28-30-12-17-50(18-13-30)33-6-8-35-36(26-33)44(59)54(43(35)58)39-10-11-40(55)48-41(39)56/h2-9,26-27,30,39H,10-25,28-29H2,(H,48,55,56). The number of carbonyl (C=O) groups excluding carboxylic acids is 5. The van der Waals surface area contributed by atoms with Gasteiger partial charge in [0.15, 0.2) is 0 Å². The molecular formula is C45H49ClN8O5. The number of amides is 5. The summed E-state index contributed by atoms with van der Waals surface area (Å²) in [4.78, 5) is 80.3. The lowest BCUT2D eigenvalue weighted by atomic mass is 9.77. The Bertz CT molecular complexity index is 2220. The van der Waals surface area contributed by atoms with E-state index in [-0.39, 0.29) is 30.1 Å². The molecule has 59 heavy (non-hydrogen) atoms. The smallest absolute Gasteiger partial charge is 0.262 e. The van der Waals surface area contributed by atoms with Crippen LogP contribution in [0.3, 0.4) is 0 Å². The Hall–Kier alpha value is -5.45. The maximum absolute atomic E-state index is 13.6. The van der Waals surface area contributed by atoms with Crippen molar-refractivity contribution in [2.45, 2.75) is 51.0 Å². The molecule has 1 unspecified atom stereocenters. The zero-order chi connectivity index (χ0) is 40.8. The normalized spacial score (nSPS) is 22.6. The summed E-state index contributed by atoms with van der Waals surface area (Å²) in [5.41, 5.74) is 5.15. The van der Waals surface area contributed by atoms with E-state index in [9.17, 15) is 24.0 Å². The van der Waals surface area contributed by atoms with Gasteiger partial charge >= 0.3 is 0 Å². The molecule has 5 fully saturated rings. The Morgan fingerprint density at radius 3 is 2.08 bits per heavy atom. The lowest BCUT2D eigenvalue weighted by molar-refractivity contribution is -0.136. The fraction of sp³-hybridized carbons (Fsp3) is 0.467. The molecule has 3 aromatic carbocycles. The number of halogens is 1. The third-order valence-electron chi connectivity index (χ3n) is 13.7. The van der Waals surface area contributed by atoms with Gasteiger partial charge < -0.3 is 19.6 Å². The second kappa shape index (κ2) is 16.0. The lowest BCUT2D eigenvalue weighted by Crippen LogP contribution is -2.54. The van der Waals surface area contributed by atoms with Crippen LogP contribution in [0.15, 0.2) is 60.7 Å². The van der Waals surface area contributed by atoms with Crippen molar-refractivity contribution in [1.29, 1.82) is 0 Å². The van der Waals surface area contributed by atoms with Crippen LogP contribution in [-0.4, -0.2) is 122 Å². The highest BCUT2D eigenvalue weighted by Gasteiger charge is 2.45. The van der Waals surface area contributed by atoms with Gasteiger partial charge in [0, 0.05) is 106 Å². The molecule has 6 heterocycles. The largest absolute Gasteiger partial charge is 0.372 e. The molecule has 5 amide bonds. The fourth-order valence-electron chi connectivity index (χ4n) is 10.1. The number of imide groups is 2. The third kappa shape index (κ3) is 7.64. The summed E-state index contributed by atoms with van der Waals surface area (Å²) in [6.45, 7) is 17.4. The summed E-state index contributed by atoms with van der Waals surface area (Å²) < 4.78 is 0. The topological polar surface area (TPSA) is 121 Å². The number of hydrogen-bond donors (Lipinski definition) is 1. The fourth-order valence-corrected chi connectivity index (χ4v) is 10.3. The van der Waals surface area contributed by atoms with Gasteiger partial charge in [0.25, 0.3) is 17.7 Å². The molecule has 306 valence electrons. The second-order valence-corrected chi connectivity index (χ2v) is 17.6. The van der Waals surface area contributed by atoms with Crippen LogP contribution < -0.4 is 20.0 Å². The molecule has 6 aliphatic heterocycles. The highest BCUT2D eigenvalue weighted by Crippen LogP contribution is 2.43. The van der Waals surface area contributed by atoms with E-state index in [1.807, 2.05) is 41.3 Å². The van der Waals surface area contributed by atoms with E-state index in [0.29, 0.717) is 27.8 Å². The zero-order valence-corrected chi connectivity index (χ0v) is 34.0. The van der Waals surface area contributed by atoms with E-state index >= 15 is 0 Å². The predicted octanol–water partition coefficient (Wildman–Crippen LogP) is 5.46. The predicted molar refractivity (Wildman–Crippen MR) is 225 cm³/mol. The first-order chi connectivity index (χ1) is 28.6. The maximum atomic E-state index is 13.6. The van der Waals surface area contributed by atoms with Crippen LogP contribution in [0.2, 0.25) is 5.02 Å². The van der Waals surface area contributed by atoms with E-state index in [2.05, 4.69) is 41.9 Å². The van der Waals surface area contributed by atoms with Crippen molar-refractivity contribution >= 4 is 63.9 Å². The first-order valence-electron chi connectivity index (χ1n) is 21.0. The van der Waals surface area contributed by atoms with Gasteiger partial charge in [0.1, 0.15) is 6.04 Å². The van der Waals surface area contributed by atoms with Crippen LogP contribution in [0, 0.1) is 17.9 Å². The van der Waals surface area contributed by atoms with Crippen LogP contribution in [0.4, 0.5) is 22.7 Å². The minimum absolute atomic E-state index is 0.0973. The van der Waals surface area contributed by atoms with Gasteiger partial charge in [-0.05, 0) is 104 Å². The Labute approximate surface area is 349 Å². The molecule has 0 radical (unpaired) electrons. The van der Waals surface area contributed by atoms with Gasteiger partial charge in [-0.25, -0.2) is 4.85 Å². The number of nitrogens with one attached hydrogen (secondary N) is 1. The maximum Gasteiger partial charge on any atom is 0.262 e.